The molecule has 0 radical (unpaired) electrons. The fourth-order valence-corrected chi connectivity index (χ4v) is 2.61. The zero-order chi connectivity index (χ0) is 15.1. The molecule has 0 saturated heterocycles. The summed E-state index contributed by atoms with van der Waals surface area (Å²) in [6.45, 7) is 1.86. The number of halogens is 1. The van der Waals surface area contributed by atoms with Crippen LogP contribution in [-0.4, -0.2) is 20.1 Å². The molecular formula is C17H18BrN3. The van der Waals surface area contributed by atoms with Gasteiger partial charge >= 0.3 is 0 Å². The quantitative estimate of drug-likeness (QED) is 0.796. The first-order chi connectivity index (χ1) is 10.2. The number of para-hydroxylation sites is 1. The Morgan fingerprint density at radius 2 is 1.95 bits per heavy atom. The summed E-state index contributed by atoms with van der Waals surface area (Å²) in [4.78, 5) is 2.24. The Bertz CT molecular complexity index is 620. The van der Waals surface area contributed by atoms with Gasteiger partial charge in [-0.1, -0.05) is 34.1 Å². The van der Waals surface area contributed by atoms with Crippen LogP contribution < -0.4 is 10.2 Å². The van der Waals surface area contributed by atoms with E-state index in [1.165, 1.54) is 5.69 Å². The highest BCUT2D eigenvalue weighted by Gasteiger charge is 2.01. The van der Waals surface area contributed by atoms with Crippen LogP contribution in [0.15, 0.2) is 53.0 Å². The molecule has 0 aromatic heterocycles. The summed E-state index contributed by atoms with van der Waals surface area (Å²) in [5, 5.41) is 12.3. The van der Waals surface area contributed by atoms with Crippen LogP contribution in [0.4, 0.5) is 11.4 Å². The highest BCUT2D eigenvalue weighted by atomic mass is 79.9. The van der Waals surface area contributed by atoms with Gasteiger partial charge in [-0.2, -0.15) is 5.26 Å². The van der Waals surface area contributed by atoms with Crippen LogP contribution in [-0.2, 0) is 0 Å². The van der Waals surface area contributed by atoms with Crippen molar-refractivity contribution in [3.8, 4) is 6.07 Å². The topological polar surface area (TPSA) is 39.1 Å². The lowest BCUT2D eigenvalue weighted by atomic mass is 10.2. The van der Waals surface area contributed by atoms with E-state index < -0.39 is 0 Å². The van der Waals surface area contributed by atoms with Crippen molar-refractivity contribution in [3.63, 3.8) is 0 Å². The number of nitriles is 1. The monoisotopic (exact) mass is 343 g/mol. The van der Waals surface area contributed by atoms with Crippen molar-refractivity contribution >= 4 is 27.3 Å². The van der Waals surface area contributed by atoms with Gasteiger partial charge in [-0.05, 0) is 36.8 Å². The van der Waals surface area contributed by atoms with Gasteiger partial charge in [0.15, 0.2) is 0 Å². The molecule has 0 saturated carbocycles. The predicted molar refractivity (Wildman–Crippen MR) is 91.7 cm³/mol. The molecule has 21 heavy (non-hydrogen) atoms. The van der Waals surface area contributed by atoms with Gasteiger partial charge < -0.3 is 10.2 Å². The fraction of sp³-hybridized carbons (Fsp3) is 0.235. The van der Waals surface area contributed by atoms with E-state index in [2.05, 4.69) is 63.5 Å². The van der Waals surface area contributed by atoms with E-state index in [4.69, 9.17) is 5.26 Å². The predicted octanol–water partition coefficient (Wildman–Crippen LogP) is 4.26. The molecule has 2 aromatic carbocycles. The van der Waals surface area contributed by atoms with Crippen molar-refractivity contribution in [2.45, 2.75) is 6.42 Å². The number of hydrogen-bond acceptors (Lipinski definition) is 3. The molecule has 1 N–H and O–H groups in total. The third-order valence-corrected chi connectivity index (χ3v) is 3.68. The number of benzene rings is 2. The molecular weight excluding hydrogens is 326 g/mol. The Hall–Kier alpha value is -1.99. The Morgan fingerprint density at radius 1 is 1.19 bits per heavy atom. The Morgan fingerprint density at radius 3 is 2.67 bits per heavy atom. The number of rotatable bonds is 6. The molecule has 0 spiro atoms. The van der Waals surface area contributed by atoms with Gasteiger partial charge in [0.2, 0.25) is 0 Å². The first-order valence-corrected chi connectivity index (χ1v) is 7.69. The van der Waals surface area contributed by atoms with Crippen molar-refractivity contribution in [3.05, 3.63) is 58.6 Å². The summed E-state index contributed by atoms with van der Waals surface area (Å²) in [5.74, 6) is 0. The number of anilines is 2. The molecule has 0 aliphatic heterocycles. The van der Waals surface area contributed by atoms with Crippen molar-refractivity contribution in [2.24, 2.45) is 0 Å². The maximum absolute atomic E-state index is 8.95. The van der Waals surface area contributed by atoms with E-state index in [-0.39, 0.29) is 0 Å². The van der Waals surface area contributed by atoms with Crippen LogP contribution in [0.5, 0.6) is 0 Å². The minimum absolute atomic E-state index is 0.660. The van der Waals surface area contributed by atoms with E-state index in [1.807, 2.05) is 24.3 Å². The summed E-state index contributed by atoms with van der Waals surface area (Å²) in [5.41, 5.74) is 2.86. The van der Waals surface area contributed by atoms with Crippen molar-refractivity contribution in [1.82, 2.24) is 0 Å². The molecule has 2 aromatic rings. The zero-order valence-electron chi connectivity index (χ0n) is 12.0. The van der Waals surface area contributed by atoms with Crippen LogP contribution >= 0.6 is 15.9 Å². The highest BCUT2D eigenvalue weighted by molar-refractivity contribution is 9.10. The summed E-state index contributed by atoms with van der Waals surface area (Å²) in [6, 6.07) is 18.2. The maximum atomic E-state index is 8.95. The smallest absolute Gasteiger partial charge is 0.0992 e. The standard InChI is InChI=1S/C17H18BrN3/c1-21(17-6-3-2-4-7-17)9-5-8-20-16-11-14(13-19)10-15(18)12-16/h2-4,6-7,10-12,20H,5,8-9H2,1H3. The molecule has 0 unspecified atom stereocenters. The molecule has 3 nitrogen and oxygen atoms in total. The molecule has 0 atom stereocenters. The first kappa shape index (κ1) is 15.4. The lowest BCUT2D eigenvalue weighted by Gasteiger charge is -2.19. The molecule has 0 bridgehead atoms. The molecule has 0 heterocycles. The third-order valence-electron chi connectivity index (χ3n) is 3.22. The number of hydrogen-bond donors (Lipinski definition) is 1. The van der Waals surface area contributed by atoms with Gasteiger partial charge in [0.25, 0.3) is 0 Å². The summed E-state index contributed by atoms with van der Waals surface area (Å²) >= 11 is 3.42. The minimum atomic E-state index is 0.660. The maximum Gasteiger partial charge on any atom is 0.0992 e. The average Bonchev–Trinajstić information content (AvgIpc) is 2.51. The van der Waals surface area contributed by atoms with E-state index >= 15 is 0 Å². The van der Waals surface area contributed by atoms with Crippen LogP contribution in [0.3, 0.4) is 0 Å². The fourth-order valence-electron chi connectivity index (χ4n) is 2.12. The van der Waals surface area contributed by atoms with Crippen molar-refractivity contribution < 1.29 is 0 Å². The number of nitrogens with one attached hydrogen (secondary N) is 1. The molecule has 0 amide bonds. The third kappa shape index (κ3) is 4.80. The Balaban J connectivity index is 1.80. The van der Waals surface area contributed by atoms with E-state index in [0.29, 0.717) is 5.56 Å². The molecule has 108 valence electrons. The van der Waals surface area contributed by atoms with Crippen LogP contribution in [0.2, 0.25) is 0 Å². The van der Waals surface area contributed by atoms with Gasteiger partial charge in [-0.3, -0.25) is 0 Å². The first-order valence-electron chi connectivity index (χ1n) is 6.90. The van der Waals surface area contributed by atoms with Gasteiger partial charge in [-0.15, -0.1) is 0 Å². The highest BCUT2D eigenvalue weighted by Crippen LogP contribution is 2.19. The largest absolute Gasteiger partial charge is 0.385 e. The van der Waals surface area contributed by atoms with Crippen molar-refractivity contribution in [2.75, 3.05) is 30.4 Å². The number of nitrogens with zero attached hydrogens (tertiary/aromatic N) is 2. The lowest BCUT2D eigenvalue weighted by Crippen LogP contribution is -2.20. The van der Waals surface area contributed by atoms with Crippen LogP contribution in [0.25, 0.3) is 0 Å². The van der Waals surface area contributed by atoms with Gasteiger partial charge in [0.05, 0.1) is 11.6 Å². The average molecular weight is 344 g/mol. The van der Waals surface area contributed by atoms with Gasteiger partial charge in [0.1, 0.15) is 0 Å². The van der Waals surface area contributed by atoms with E-state index in [1.54, 1.807) is 0 Å². The minimum Gasteiger partial charge on any atom is -0.385 e. The molecule has 0 fully saturated rings. The van der Waals surface area contributed by atoms with Gasteiger partial charge in [-0.25, -0.2) is 0 Å². The molecule has 4 heteroatoms. The van der Waals surface area contributed by atoms with Crippen LogP contribution in [0, 0.1) is 11.3 Å². The summed E-state index contributed by atoms with van der Waals surface area (Å²) in [6.07, 6.45) is 1.03. The second-order valence-electron chi connectivity index (χ2n) is 4.88. The second-order valence-corrected chi connectivity index (χ2v) is 5.79. The lowest BCUT2D eigenvalue weighted by molar-refractivity contribution is 0.816. The molecule has 2 rings (SSSR count). The normalized spacial score (nSPS) is 9.95. The SMILES string of the molecule is CN(CCCNc1cc(Br)cc(C#N)c1)c1ccccc1. The second kappa shape index (κ2) is 7.70. The van der Waals surface area contributed by atoms with Crippen LogP contribution in [0.1, 0.15) is 12.0 Å². The van der Waals surface area contributed by atoms with Crippen molar-refractivity contribution in [1.29, 1.82) is 5.26 Å². The Kier molecular flexibility index (Phi) is 5.65. The summed E-state index contributed by atoms with van der Waals surface area (Å²) in [7, 11) is 2.10. The van der Waals surface area contributed by atoms with Gasteiger partial charge in [0, 0.05) is 36.0 Å². The van der Waals surface area contributed by atoms with E-state index in [0.717, 1.165) is 29.7 Å². The Labute approximate surface area is 134 Å². The molecule has 0 aliphatic carbocycles. The van der Waals surface area contributed by atoms with E-state index in [9.17, 15) is 0 Å². The molecule has 0 aliphatic rings. The zero-order valence-corrected chi connectivity index (χ0v) is 13.6. The summed E-state index contributed by atoms with van der Waals surface area (Å²) < 4.78 is 0.922.